The Kier molecular flexibility index (Phi) is 6.43. The first-order valence-electron chi connectivity index (χ1n) is 10.5. The van der Waals surface area contributed by atoms with Gasteiger partial charge in [-0.05, 0) is 37.1 Å². The highest BCUT2D eigenvalue weighted by Crippen LogP contribution is 2.27. The molecule has 3 amide bonds. The number of rotatable bonds is 3. The van der Waals surface area contributed by atoms with Crippen LogP contribution in [0.1, 0.15) is 12.8 Å². The first-order chi connectivity index (χ1) is 14.6. The summed E-state index contributed by atoms with van der Waals surface area (Å²) in [7, 11) is 0. The van der Waals surface area contributed by atoms with Crippen molar-refractivity contribution >= 4 is 34.9 Å². The smallest absolute Gasteiger partial charge is 0.321 e. The molecule has 2 saturated heterocycles. The summed E-state index contributed by atoms with van der Waals surface area (Å²) in [6.45, 7) is 4.04. The highest BCUT2D eigenvalue weighted by atomic mass is 35.5. The number of piperidine rings is 1. The quantitative estimate of drug-likeness (QED) is 0.808. The van der Waals surface area contributed by atoms with Crippen LogP contribution in [0.4, 0.5) is 16.2 Å². The number of likely N-dealkylation sites (tertiary alicyclic amines) is 1. The highest BCUT2D eigenvalue weighted by Gasteiger charge is 2.32. The van der Waals surface area contributed by atoms with E-state index in [-0.39, 0.29) is 17.9 Å². The minimum atomic E-state index is -0.137. The van der Waals surface area contributed by atoms with Crippen LogP contribution in [0.2, 0.25) is 5.02 Å². The molecule has 2 heterocycles. The summed E-state index contributed by atoms with van der Waals surface area (Å²) >= 11 is 6.32. The first-order valence-corrected chi connectivity index (χ1v) is 10.9. The van der Waals surface area contributed by atoms with Crippen molar-refractivity contribution in [2.45, 2.75) is 12.8 Å². The van der Waals surface area contributed by atoms with E-state index in [9.17, 15) is 9.59 Å². The molecule has 0 unspecified atom stereocenters. The summed E-state index contributed by atoms with van der Waals surface area (Å²) in [6.07, 6.45) is 1.68. The lowest BCUT2D eigenvalue weighted by molar-refractivity contribution is -0.137. The van der Waals surface area contributed by atoms with Crippen LogP contribution in [0, 0.1) is 5.92 Å². The predicted molar refractivity (Wildman–Crippen MR) is 120 cm³/mol. The van der Waals surface area contributed by atoms with Crippen LogP contribution in [0.15, 0.2) is 54.6 Å². The predicted octanol–water partition coefficient (Wildman–Crippen LogP) is 3.93. The molecule has 6 nitrogen and oxygen atoms in total. The van der Waals surface area contributed by atoms with Crippen LogP contribution < -0.4 is 10.2 Å². The fraction of sp³-hybridized carbons (Fsp3) is 0.391. The van der Waals surface area contributed by atoms with Crippen molar-refractivity contribution in [3.63, 3.8) is 0 Å². The molecule has 0 aromatic heterocycles. The van der Waals surface area contributed by atoms with Gasteiger partial charge in [0.25, 0.3) is 0 Å². The van der Waals surface area contributed by atoms with Crippen molar-refractivity contribution in [3.05, 3.63) is 59.6 Å². The molecule has 0 saturated carbocycles. The van der Waals surface area contributed by atoms with E-state index in [0.717, 1.165) is 42.3 Å². The minimum absolute atomic E-state index is 0.132. The lowest BCUT2D eigenvalue weighted by Gasteiger charge is -2.39. The Morgan fingerprint density at radius 1 is 0.867 bits per heavy atom. The third-order valence-corrected chi connectivity index (χ3v) is 6.19. The second-order valence-electron chi connectivity index (χ2n) is 7.85. The number of para-hydroxylation sites is 2. The van der Waals surface area contributed by atoms with Gasteiger partial charge in [-0.2, -0.15) is 0 Å². The van der Waals surface area contributed by atoms with Crippen molar-refractivity contribution < 1.29 is 9.59 Å². The van der Waals surface area contributed by atoms with E-state index in [2.05, 4.69) is 10.2 Å². The zero-order chi connectivity index (χ0) is 20.9. The molecule has 0 bridgehead atoms. The van der Waals surface area contributed by atoms with Gasteiger partial charge in [0.2, 0.25) is 5.91 Å². The van der Waals surface area contributed by atoms with Gasteiger partial charge in [0.15, 0.2) is 0 Å². The summed E-state index contributed by atoms with van der Waals surface area (Å²) in [6, 6.07) is 17.1. The highest BCUT2D eigenvalue weighted by molar-refractivity contribution is 6.33. The number of nitrogens with zero attached hydrogens (tertiary/aromatic N) is 3. The third-order valence-electron chi connectivity index (χ3n) is 5.87. The molecule has 2 fully saturated rings. The summed E-state index contributed by atoms with van der Waals surface area (Å²) in [5.74, 6) is 0.0261. The van der Waals surface area contributed by atoms with Gasteiger partial charge >= 0.3 is 6.03 Å². The van der Waals surface area contributed by atoms with Gasteiger partial charge in [0.05, 0.1) is 16.6 Å². The van der Waals surface area contributed by atoms with Crippen molar-refractivity contribution in [3.8, 4) is 0 Å². The van der Waals surface area contributed by atoms with Gasteiger partial charge in [0, 0.05) is 45.0 Å². The molecule has 2 aliphatic heterocycles. The Morgan fingerprint density at radius 3 is 2.30 bits per heavy atom. The number of amides is 3. The zero-order valence-electron chi connectivity index (χ0n) is 17.0. The summed E-state index contributed by atoms with van der Waals surface area (Å²) in [4.78, 5) is 31.7. The number of carbonyl (C=O) groups is 2. The maximum atomic E-state index is 13.1. The minimum Gasteiger partial charge on any atom is -0.367 e. The van der Waals surface area contributed by atoms with E-state index in [0.29, 0.717) is 26.2 Å². The van der Waals surface area contributed by atoms with E-state index in [1.54, 1.807) is 4.90 Å². The first kappa shape index (κ1) is 20.5. The number of hydrogen-bond donors (Lipinski definition) is 1. The molecule has 2 aliphatic rings. The van der Waals surface area contributed by atoms with Gasteiger partial charge < -0.3 is 20.0 Å². The Balaban J connectivity index is 1.31. The molecule has 158 valence electrons. The van der Waals surface area contributed by atoms with E-state index in [1.165, 1.54) is 0 Å². The third kappa shape index (κ3) is 4.70. The summed E-state index contributed by atoms with van der Waals surface area (Å²) in [5, 5.41) is 3.66. The number of anilines is 2. The molecule has 2 aromatic carbocycles. The van der Waals surface area contributed by atoms with Gasteiger partial charge in [-0.25, -0.2) is 4.79 Å². The average Bonchev–Trinajstić information content (AvgIpc) is 2.80. The second kappa shape index (κ2) is 9.39. The number of carbonyl (C=O) groups excluding carboxylic acids is 2. The zero-order valence-corrected chi connectivity index (χ0v) is 17.7. The van der Waals surface area contributed by atoms with Crippen LogP contribution in [0.3, 0.4) is 0 Å². The number of urea groups is 1. The van der Waals surface area contributed by atoms with Crippen LogP contribution in [-0.4, -0.2) is 61.0 Å². The Labute approximate surface area is 182 Å². The molecule has 0 aliphatic carbocycles. The van der Waals surface area contributed by atoms with Gasteiger partial charge in [-0.1, -0.05) is 41.9 Å². The topological polar surface area (TPSA) is 55.9 Å². The second-order valence-corrected chi connectivity index (χ2v) is 8.25. The van der Waals surface area contributed by atoms with Crippen molar-refractivity contribution in [1.82, 2.24) is 9.80 Å². The average molecular weight is 427 g/mol. The molecule has 4 rings (SSSR count). The Morgan fingerprint density at radius 2 is 1.57 bits per heavy atom. The van der Waals surface area contributed by atoms with Crippen LogP contribution in [-0.2, 0) is 4.79 Å². The van der Waals surface area contributed by atoms with Gasteiger partial charge in [-0.3, -0.25) is 4.79 Å². The largest absolute Gasteiger partial charge is 0.367 e. The van der Waals surface area contributed by atoms with Crippen molar-refractivity contribution in [2.24, 2.45) is 5.92 Å². The fourth-order valence-electron chi connectivity index (χ4n) is 4.22. The number of piperazine rings is 1. The van der Waals surface area contributed by atoms with E-state index >= 15 is 0 Å². The number of hydrogen-bond acceptors (Lipinski definition) is 3. The lowest BCUT2D eigenvalue weighted by Crippen LogP contribution is -2.53. The van der Waals surface area contributed by atoms with E-state index < -0.39 is 0 Å². The molecule has 30 heavy (non-hydrogen) atoms. The molecule has 0 spiro atoms. The van der Waals surface area contributed by atoms with Crippen LogP contribution in [0.25, 0.3) is 0 Å². The molecular formula is C23H27ClN4O2. The SMILES string of the molecule is O=C(Nc1ccccc1)N1CCC[C@H](C(=O)N2CCN(c3ccccc3Cl)CC2)C1. The maximum Gasteiger partial charge on any atom is 0.321 e. The Bertz CT molecular complexity index is 884. The van der Waals surface area contributed by atoms with Crippen LogP contribution >= 0.6 is 11.6 Å². The summed E-state index contributed by atoms with van der Waals surface area (Å²) < 4.78 is 0. The molecule has 1 N–H and O–H groups in total. The fourth-order valence-corrected chi connectivity index (χ4v) is 4.48. The molecule has 1 atom stereocenters. The van der Waals surface area contributed by atoms with Crippen molar-refractivity contribution in [2.75, 3.05) is 49.5 Å². The molecule has 2 aromatic rings. The van der Waals surface area contributed by atoms with E-state index in [4.69, 9.17) is 11.6 Å². The molecule has 0 radical (unpaired) electrons. The number of halogens is 1. The van der Waals surface area contributed by atoms with E-state index in [1.807, 2.05) is 59.5 Å². The molecular weight excluding hydrogens is 400 g/mol. The Hall–Kier alpha value is -2.73. The molecule has 7 heteroatoms. The maximum absolute atomic E-state index is 13.1. The number of benzene rings is 2. The van der Waals surface area contributed by atoms with Crippen molar-refractivity contribution in [1.29, 1.82) is 0 Å². The monoisotopic (exact) mass is 426 g/mol. The van der Waals surface area contributed by atoms with Crippen LogP contribution in [0.5, 0.6) is 0 Å². The van der Waals surface area contributed by atoms with Gasteiger partial charge in [-0.15, -0.1) is 0 Å². The summed E-state index contributed by atoms with van der Waals surface area (Å²) in [5.41, 5.74) is 1.79. The lowest BCUT2D eigenvalue weighted by atomic mass is 9.96. The normalized spacial score (nSPS) is 19.5. The standard InChI is InChI=1S/C23H27ClN4O2/c24-20-10-4-5-11-21(20)26-13-15-27(16-14-26)22(29)18-7-6-12-28(17-18)23(30)25-19-8-2-1-3-9-19/h1-5,8-11,18H,6-7,12-17H2,(H,25,30)/t18-/m0/s1. The number of nitrogens with one attached hydrogen (secondary N) is 1. The van der Waals surface area contributed by atoms with Gasteiger partial charge in [0.1, 0.15) is 0 Å².